The summed E-state index contributed by atoms with van der Waals surface area (Å²) in [6.45, 7) is 6.42. The molecule has 2 aliphatic rings. The van der Waals surface area contributed by atoms with Gasteiger partial charge in [0, 0.05) is 18.0 Å². The lowest BCUT2D eigenvalue weighted by atomic mass is 9.95. The average Bonchev–Trinajstić information content (AvgIpc) is 3.63. The Bertz CT molecular complexity index is 1330. The van der Waals surface area contributed by atoms with Gasteiger partial charge in [-0.2, -0.15) is 0 Å². The van der Waals surface area contributed by atoms with Gasteiger partial charge in [0.2, 0.25) is 6.79 Å². The van der Waals surface area contributed by atoms with Gasteiger partial charge in [0.05, 0.1) is 23.1 Å². The Morgan fingerprint density at radius 1 is 1.33 bits per heavy atom. The Balaban J connectivity index is 1.49. The predicted molar refractivity (Wildman–Crippen MR) is 135 cm³/mol. The van der Waals surface area contributed by atoms with Gasteiger partial charge in [-0.3, -0.25) is 4.57 Å². The molecule has 0 aliphatic carbocycles. The first-order chi connectivity index (χ1) is 17.6. The number of hydrogen-bond donors (Lipinski definition) is 2. The lowest BCUT2D eigenvalue weighted by molar-refractivity contribution is -0.139. The first-order valence-corrected chi connectivity index (χ1v) is 13.0. The fourth-order valence-corrected chi connectivity index (χ4v) is 5.57. The van der Waals surface area contributed by atoms with Crippen LogP contribution in [0.2, 0.25) is 0 Å². The molecule has 0 radical (unpaired) electrons. The monoisotopic (exact) mass is 525 g/mol. The van der Waals surface area contributed by atoms with Crippen LogP contribution in [0.5, 0.6) is 11.5 Å². The van der Waals surface area contributed by atoms with E-state index in [2.05, 4.69) is 27.4 Å². The molecule has 0 saturated carbocycles. The molecular weight excluding hydrogens is 502 g/mol. The highest BCUT2D eigenvalue weighted by Gasteiger charge is 2.35. The summed E-state index contributed by atoms with van der Waals surface area (Å²) >= 11 is 2.93. The Hall–Kier alpha value is -3.77. The lowest BCUT2D eigenvalue weighted by Crippen LogP contribution is -2.46. The molecule has 186 valence electrons. The molecule has 2 aliphatic heterocycles. The zero-order valence-corrected chi connectivity index (χ0v) is 21.0. The van der Waals surface area contributed by atoms with Gasteiger partial charge in [-0.1, -0.05) is 30.0 Å². The molecule has 1 aromatic carbocycles. The summed E-state index contributed by atoms with van der Waals surface area (Å²) in [5, 5.41) is 17.0. The van der Waals surface area contributed by atoms with Crippen molar-refractivity contribution in [3.63, 3.8) is 0 Å². The van der Waals surface area contributed by atoms with Crippen molar-refractivity contribution in [1.29, 1.82) is 0 Å². The number of urea groups is 1. The molecule has 0 unspecified atom stereocenters. The van der Waals surface area contributed by atoms with E-state index in [1.807, 2.05) is 22.1 Å². The molecule has 12 heteroatoms. The quantitative estimate of drug-likeness (QED) is 0.246. The average molecular weight is 526 g/mol. The Morgan fingerprint density at radius 3 is 2.97 bits per heavy atom. The summed E-state index contributed by atoms with van der Waals surface area (Å²) in [4.78, 5) is 26.7. The predicted octanol–water partition coefficient (Wildman–Crippen LogP) is 3.88. The van der Waals surface area contributed by atoms with Crippen LogP contribution in [0.3, 0.4) is 0 Å². The fraction of sp³-hybridized carbons (Fsp3) is 0.250. The standard InChI is InChI=1S/C24H23N5O5S2/c1-3-9-29-21(18-6-5-10-35-18)27-28-24(29)36-12-15-19(22(30)32-4-2)20(26-23(31)25-15)14-7-8-16-17(11-14)34-13-33-16/h3,5-8,10-11,20H,1,4,9,12-13H2,2H3,(H2,25,26,31)/t20-/m0/s1. The summed E-state index contributed by atoms with van der Waals surface area (Å²) in [6.07, 6.45) is 1.77. The number of esters is 1. The molecule has 10 nitrogen and oxygen atoms in total. The number of carbonyl (C=O) groups is 2. The highest BCUT2D eigenvalue weighted by Crippen LogP contribution is 2.38. The number of carbonyl (C=O) groups excluding carboxylic acids is 2. The first kappa shape index (κ1) is 23.9. The Labute approximate surface area is 215 Å². The number of nitrogens with one attached hydrogen (secondary N) is 2. The van der Waals surface area contributed by atoms with E-state index >= 15 is 0 Å². The molecular formula is C24H23N5O5S2. The van der Waals surface area contributed by atoms with Gasteiger partial charge >= 0.3 is 12.0 Å². The second-order valence-corrected chi connectivity index (χ2v) is 9.62. The maximum atomic E-state index is 13.1. The number of amides is 2. The normalized spacial score (nSPS) is 16.5. The third kappa shape index (κ3) is 4.69. The first-order valence-electron chi connectivity index (χ1n) is 11.2. The molecule has 0 fully saturated rings. The van der Waals surface area contributed by atoms with Crippen LogP contribution in [-0.4, -0.2) is 45.9 Å². The number of nitrogens with zero attached hydrogens (tertiary/aromatic N) is 3. The fourth-order valence-electron chi connectivity index (χ4n) is 3.94. The maximum Gasteiger partial charge on any atom is 0.338 e. The van der Waals surface area contributed by atoms with Crippen LogP contribution in [0.25, 0.3) is 10.7 Å². The van der Waals surface area contributed by atoms with Gasteiger partial charge < -0.3 is 24.8 Å². The zero-order valence-electron chi connectivity index (χ0n) is 19.4. The number of thioether (sulfide) groups is 1. The molecule has 36 heavy (non-hydrogen) atoms. The van der Waals surface area contributed by atoms with Crippen LogP contribution in [0.4, 0.5) is 4.79 Å². The second-order valence-electron chi connectivity index (χ2n) is 7.73. The molecule has 0 bridgehead atoms. The van der Waals surface area contributed by atoms with Crippen LogP contribution < -0.4 is 20.1 Å². The Kier molecular flexibility index (Phi) is 6.96. The van der Waals surface area contributed by atoms with Gasteiger partial charge in [0.25, 0.3) is 0 Å². The largest absolute Gasteiger partial charge is 0.463 e. The van der Waals surface area contributed by atoms with Crippen LogP contribution >= 0.6 is 23.1 Å². The van der Waals surface area contributed by atoms with Crippen molar-refractivity contribution in [2.45, 2.75) is 24.7 Å². The SMILES string of the molecule is C=CCn1c(SCC2=C(C(=O)OCC)[C@H](c3ccc4c(c3)OCO4)NC(=O)N2)nnc1-c1cccs1. The molecule has 1 atom stereocenters. The van der Waals surface area contributed by atoms with Crippen molar-refractivity contribution in [3.8, 4) is 22.2 Å². The van der Waals surface area contributed by atoms with Gasteiger partial charge in [-0.25, -0.2) is 9.59 Å². The molecule has 4 heterocycles. The minimum Gasteiger partial charge on any atom is -0.463 e. The van der Waals surface area contributed by atoms with Crippen LogP contribution in [-0.2, 0) is 16.1 Å². The number of thiophene rings is 1. The van der Waals surface area contributed by atoms with Gasteiger partial charge in [-0.05, 0) is 36.1 Å². The molecule has 2 aromatic heterocycles. The van der Waals surface area contributed by atoms with E-state index in [4.69, 9.17) is 14.2 Å². The minimum absolute atomic E-state index is 0.124. The molecule has 0 saturated heterocycles. The number of allylic oxidation sites excluding steroid dienone is 1. The highest BCUT2D eigenvalue weighted by molar-refractivity contribution is 7.99. The number of hydrogen-bond acceptors (Lipinski definition) is 9. The summed E-state index contributed by atoms with van der Waals surface area (Å²) in [6, 6.07) is 8.10. The molecule has 0 spiro atoms. The van der Waals surface area contributed by atoms with E-state index in [0.29, 0.717) is 40.0 Å². The van der Waals surface area contributed by atoms with Crippen molar-refractivity contribution < 1.29 is 23.8 Å². The molecule has 2 N–H and O–H groups in total. The van der Waals surface area contributed by atoms with Crippen LogP contribution in [0.1, 0.15) is 18.5 Å². The van der Waals surface area contributed by atoms with Crippen molar-refractivity contribution in [1.82, 2.24) is 25.4 Å². The minimum atomic E-state index is -0.726. The van der Waals surface area contributed by atoms with Gasteiger partial charge in [0.15, 0.2) is 22.5 Å². The summed E-state index contributed by atoms with van der Waals surface area (Å²) in [7, 11) is 0. The summed E-state index contributed by atoms with van der Waals surface area (Å²) in [5.41, 5.74) is 1.43. The molecule has 2 amide bonds. The smallest absolute Gasteiger partial charge is 0.338 e. The van der Waals surface area contributed by atoms with E-state index in [-0.39, 0.29) is 19.2 Å². The lowest BCUT2D eigenvalue weighted by Gasteiger charge is -2.29. The molecule has 3 aromatic rings. The van der Waals surface area contributed by atoms with Gasteiger partial charge in [0.1, 0.15) is 0 Å². The summed E-state index contributed by atoms with van der Waals surface area (Å²) < 4.78 is 18.2. The van der Waals surface area contributed by atoms with E-state index in [1.54, 1.807) is 42.5 Å². The number of ether oxygens (including phenoxy) is 3. The van der Waals surface area contributed by atoms with E-state index in [9.17, 15) is 9.59 Å². The summed E-state index contributed by atoms with van der Waals surface area (Å²) in [5.74, 6) is 1.65. The van der Waals surface area contributed by atoms with Gasteiger partial charge in [-0.15, -0.1) is 28.1 Å². The maximum absolute atomic E-state index is 13.1. The zero-order chi connectivity index (χ0) is 25.1. The number of benzene rings is 1. The van der Waals surface area contributed by atoms with Crippen LogP contribution in [0, 0.1) is 0 Å². The third-order valence-corrected chi connectivity index (χ3v) is 7.35. The highest BCUT2D eigenvalue weighted by atomic mass is 32.2. The topological polar surface area (TPSA) is 117 Å². The Morgan fingerprint density at radius 2 is 2.19 bits per heavy atom. The number of aromatic nitrogens is 3. The van der Waals surface area contributed by atoms with Crippen molar-refractivity contribution >= 4 is 35.1 Å². The van der Waals surface area contributed by atoms with E-state index < -0.39 is 18.0 Å². The third-order valence-electron chi connectivity index (χ3n) is 5.49. The number of rotatable bonds is 9. The van der Waals surface area contributed by atoms with E-state index in [0.717, 1.165) is 10.7 Å². The van der Waals surface area contributed by atoms with Crippen LogP contribution in [0.15, 0.2) is 64.8 Å². The van der Waals surface area contributed by atoms with E-state index in [1.165, 1.54) is 11.8 Å². The van der Waals surface area contributed by atoms with Crippen molar-refractivity contribution in [2.75, 3.05) is 19.2 Å². The number of fused-ring (bicyclic) bond motifs is 1. The van der Waals surface area contributed by atoms with Crippen molar-refractivity contribution in [2.24, 2.45) is 0 Å². The molecule has 5 rings (SSSR count). The second kappa shape index (κ2) is 10.5. The van der Waals surface area contributed by atoms with Crippen molar-refractivity contribution in [3.05, 3.63) is 65.2 Å².